The van der Waals surface area contributed by atoms with Gasteiger partial charge in [-0.2, -0.15) is 0 Å². The van der Waals surface area contributed by atoms with Crippen molar-refractivity contribution in [2.45, 2.75) is 12.8 Å². The molecule has 3 rings (SSSR count). The topological polar surface area (TPSA) is 86.8 Å². The highest BCUT2D eigenvalue weighted by molar-refractivity contribution is 5.75. The molecule has 9 heteroatoms. The lowest BCUT2D eigenvalue weighted by molar-refractivity contribution is -0.141. The summed E-state index contributed by atoms with van der Waals surface area (Å²) in [6.07, 6.45) is 0.699. The maximum absolute atomic E-state index is 12.6. The second-order valence-corrected chi connectivity index (χ2v) is 9.17. The first-order valence-corrected chi connectivity index (χ1v) is 11.9. The summed E-state index contributed by atoms with van der Waals surface area (Å²) in [4.78, 5) is 28.5. The lowest BCUT2D eigenvalue weighted by Gasteiger charge is -2.20. The van der Waals surface area contributed by atoms with Crippen LogP contribution < -0.4 is 18.9 Å². The summed E-state index contributed by atoms with van der Waals surface area (Å²) in [5.41, 5.74) is 1.94. The Morgan fingerprint density at radius 1 is 0.861 bits per heavy atom. The molecule has 1 heterocycles. The van der Waals surface area contributed by atoms with Crippen LogP contribution in [0.25, 0.3) is 0 Å². The summed E-state index contributed by atoms with van der Waals surface area (Å²) in [7, 11) is 10.3. The predicted molar refractivity (Wildman–Crippen MR) is 135 cm³/mol. The number of benzene rings is 2. The Kier molecular flexibility index (Phi) is 9.41. The number of amides is 1. The van der Waals surface area contributed by atoms with Crippen molar-refractivity contribution in [3.8, 4) is 23.0 Å². The normalized spacial score (nSPS) is 17.0. The molecule has 1 saturated heterocycles. The first kappa shape index (κ1) is 27.1. The second kappa shape index (κ2) is 12.5. The van der Waals surface area contributed by atoms with Gasteiger partial charge in [0.2, 0.25) is 0 Å². The van der Waals surface area contributed by atoms with E-state index >= 15 is 0 Å². The molecule has 0 N–H and O–H groups in total. The fourth-order valence-electron chi connectivity index (χ4n) is 4.16. The summed E-state index contributed by atoms with van der Waals surface area (Å²) in [6.45, 7) is 1.63. The first-order chi connectivity index (χ1) is 17.2. The van der Waals surface area contributed by atoms with Gasteiger partial charge in [-0.3, -0.25) is 4.79 Å². The zero-order valence-electron chi connectivity index (χ0n) is 21.9. The van der Waals surface area contributed by atoms with Crippen LogP contribution >= 0.6 is 0 Å². The number of carbonyl (C=O) groups is 2. The van der Waals surface area contributed by atoms with Gasteiger partial charge in [0, 0.05) is 26.1 Å². The number of nitrogens with zero attached hydrogens (tertiary/aromatic N) is 2. The zero-order chi connectivity index (χ0) is 26.2. The van der Waals surface area contributed by atoms with Crippen molar-refractivity contribution in [2.75, 3.05) is 62.2 Å². The summed E-state index contributed by atoms with van der Waals surface area (Å²) < 4.78 is 27.2. The average Bonchev–Trinajstić information content (AvgIpc) is 3.21. The Balaban J connectivity index is 1.69. The molecule has 0 aromatic heterocycles. The van der Waals surface area contributed by atoms with Gasteiger partial charge < -0.3 is 33.5 Å². The molecule has 1 fully saturated rings. The highest BCUT2D eigenvalue weighted by Gasteiger charge is 2.37. The number of rotatable bonds is 11. The molecule has 1 aliphatic heterocycles. The predicted octanol–water partition coefficient (Wildman–Crippen LogP) is 3.28. The Labute approximate surface area is 212 Å². The van der Waals surface area contributed by atoms with Crippen LogP contribution in [0.4, 0.5) is 4.79 Å². The van der Waals surface area contributed by atoms with Crippen LogP contribution in [-0.4, -0.2) is 84.0 Å². The highest BCUT2D eigenvalue weighted by atomic mass is 16.6. The number of ether oxygens (including phenoxy) is 5. The van der Waals surface area contributed by atoms with Crippen molar-refractivity contribution in [3.05, 3.63) is 47.5 Å². The maximum atomic E-state index is 12.6. The number of carbonyl (C=O) groups excluding carboxylic acids is 2. The van der Waals surface area contributed by atoms with Crippen LogP contribution in [0.2, 0.25) is 0 Å². The Morgan fingerprint density at radius 3 is 2.06 bits per heavy atom. The molecule has 1 amide bonds. The number of methoxy groups -OCH3 is 3. The lowest BCUT2D eigenvalue weighted by Crippen LogP contribution is -2.35. The number of hydrogen-bond donors (Lipinski definition) is 0. The van der Waals surface area contributed by atoms with Gasteiger partial charge in [-0.25, -0.2) is 4.79 Å². The smallest absolute Gasteiger partial charge is 0.415 e. The van der Waals surface area contributed by atoms with Crippen molar-refractivity contribution in [1.82, 2.24) is 9.80 Å². The van der Waals surface area contributed by atoms with Crippen LogP contribution in [0, 0.1) is 11.8 Å². The van der Waals surface area contributed by atoms with E-state index in [9.17, 15) is 9.59 Å². The van der Waals surface area contributed by atoms with Crippen molar-refractivity contribution in [2.24, 2.45) is 11.8 Å². The van der Waals surface area contributed by atoms with Gasteiger partial charge in [0.15, 0.2) is 23.0 Å². The van der Waals surface area contributed by atoms with E-state index in [2.05, 4.69) is 0 Å². The molecular weight excluding hydrogens is 464 g/mol. The van der Waals surface area contributed by atoms with E-state index in [1.54, 1.807) is 27.3 Å². The van der Waals surface area contributed by atoms with E-state index in [0.29, 0.717) is 49.0 Å². The van der Waals surface area contributed by atoms with E-state index < -0.39 is 6.09 Å². The van der Waals surface area contributed by atoms with E-state index in [1.165, 1.54) is 12.0 Å². The van der Waals surface area contributed by atoms with Crippen molar-refractivity contribution in [1.29, 1.82) is 0 Å². The molecule has 36 heavy (non-hydrogen) atoms. The summed E-state index contributed by atoms with van der Waals surface area (Å²) in [6, 6.07) is 11.1. The van der Waals surface area contributed by atoms with E-state index in [-0.39, 0.29) is 17.8 Å². The van der Waals surface area contributed by atoms with Gasteiger partial charge in [0.05, 0.1) is 33.9 Å². The van der Waals surface area contributed by atoms with E-state index in [4.69, 9.17) is 23.7 Å². The van der Waals surface area contributed by atoms with Gasteiger partial charge in [-0.15, -0.1) is 0 Å². The average molecular weight is 501 g/mol. The third-order valence-electron chi connectivity index (χ3n) is 6.33. The van der Waals surface area contributed by atoms with Crippen LogP contribution in [0.3, 0.4) is 0 Å². The molecule has 0 spiro atoms. The minimum Gasteiger partial charge on any atom is -0.493 e. The zero-order valence-corrected chi connectivity index (χ0v) is 21.9. The van der Waals surface area contributed by atoms with E-state index in [0.717, 1.165) is 17.7 Å². The van der Waals surface area contributed by atoms with Crippen molar-refractivity contribution >= 4 is 12.1 Å². The van der Waals surface area contributed by atoms with E-state index in [1.807, 2.05) is 49.3 Å². The Hall–Kier alpha value is -3.46. The molecule has 0 aliphatic carbocycles. The first-order valence-electron chi connectivity index (χ1n) is 11.9. The van der Waals surface area contributed by atoms with Crippen LogP contribution in [-0.2, 0) is 22.4 Å². The summed E-state index contributed by atoms with van der Waals surface area (Å²) in [5, 5.41) is 0. The molecule has 0 saturated carbocycles. The van der Waals surface area contributed by atoms with Gasteiger partial charge in [0.1, 0.15) is 0 Å². The van der Waals surface area contributed by atoms with Gasteiger partial charge in [-0.05, 0) is 62.3 Å². The van der Waals surface area contributed by atoms with Gasteiger partial charge in [0.25, 0.3) is 0 Å². The number of esters is 1. The Bertz CT molecular complexity index is 1060. The highest BCUT2D eigenvalue weighted by Crippen LogP contribution is 2.35. The fraction of sp³-hybridized carbons (Fsp3) is 0.481. The molecule has 0 unspecified atom stereocenters. The van der Waals surface area contributed by atoms with Gasteiger partial charge >= 0.3 is 12.1 Å². The molecule has 2 atom stereocenters. The van der Waals surface area contributed by atoms with Crippen LogP contribution in [0.1, 0.15) is 11.1 Å². The molecule has 0 radical (unpaired) electrons. The molecule has 2 aromatic rings. The Morgan fingerprint density at radius 2 is 1.44 bits per heavy atom. The lowest BCUT2D eigenvalue weighted by atomic mass is 9.85. The fourth-order valence-corrected chi connectivity index (χ4v) is 4.16. The summed E-state index contributed by atoms with van der Waals surface area (Å²) in [5.74, 6) is 1.59. The molecule has 2 aromatic carbocycles. The summed E-state index contributed by atoms with van der Waals surface area (Å²) >= 11 is 0. The number of cyclic esters (lactones) is 1. The number of likely N-dealkylation sites (N-methyl/N-ethyl adjacent to an activating group) is 2. The van der Waals surface area contributed by atoms with Crippen LogP contribution in [0.15, 0.2) is 36.4 Å². The SMILES string of the molecule is COc1ccc(C[C@H]2COC(=O)[C@@H]2Cc2ccc(OC(=O)N(C)CCN(C)C)c(OC)c2)cc1OC. The largest absolute Gasteiger partial charge is 0.493 e. The van der Waals surface area contributed by atoms with Crippen LogP contribution in [0.5, 0.6) is 23.0 Å². The molecule has 0 bridgehead atoms. The van der Waals surface area contributed by atoms with Gasteiger partial charge in [-0.1, -0.05) is 12.1 Å². The monoisotopic (exact) mass is 500 g/mol. The number of hydrogen-bond acceptors (Lipinski definition) is 8. The second-order valence-electron chi connectivity index (χ2n) is 9.17. The third kappa shape index (κ3) is 6.81. The molecule has 196 valence electrons. The van der Waals surface area contributed by atoms with Crippen molar-refractivity contribution in [3.63, 3.8) is 0 Å². The minimum absolute atomic E-state index is 0.0180. The molecule has 9 nitrogen and oxygen atoms in total. The molecule has 1 aliphatic rings. The quantitative estimate of drug-likeness (QED) is 0.435. The molecular formula is C27H36N2O7. The van der Waals surface area contributed by atoms with Crippen molar-refractivity contribution < 1.29 is 33.3 Å². The maximum Gasteiger partial charge on any atom is 0.415 e. The third-order valence-corrected chi connectivity index (χ3v) is 6.33. The standard InChI is InChI=1S/C27H36N2O7/c1-28(2)11-12-29(3)27(31)36-23-10-8-19(16-25(23)34-6)14-21-20(17-35-26(21)30)13-18-7-9-22(32-4)24(15-18)33-5/h7-10,15-16,20-21H,11-14,17H2,1-6H3/t20-,21+/m0/s1. The minimum atomic E-state index is -0.461.